The number of aliphatic carboxylic acids is 1. The molecule has 0 rings (SSSR count). The number of aliphatic hydroxyl groups excluding tert-OH is 1. The van der Waals surface area contributed by atoms with E-state index in [0.717, 1.165) is 19.3 Å². The zero-order valence-electron chi connectivity index (χ0n) is 13.5. The van der Waals surface area contributed by atoms with Gasteiger partial charge in [-0.05, 0) is 24.7 Å². The Balaban J connectivity index is 4.38. The highest BCUT2D eigenvalue weighted by Crippen LogP contribution is 2.14. The standard InChI is InChI=1S/C15H30N2O4/c1-4-5-6-17(7-8-18)15(21)16-11-13(9-12(2)3)10-14(19)20/h12-13,18H,4-11H2,1-3H3,(H,16,21)(H,19,20). The first-order valence-corrected chi connectivity index (χ1v) is 7.76. The Kier molecular flexibility index (Phi) is 10.7. The molecule has 0 aliphatic rings. The number of amides is 2. The summed E-state index contributed by atoms with van der Waals surface area (Å²) in [5.41, 5.74) is 0. The number of hydrogen-bond donors (Lipinski definition) is 3. The Hall–Kier alpha value is -1.30. The molecule has 0 saturated carbocycles. The normalized spacial score (nSPS) is 12.2. The minimum absolute atomic E-state index is 0.0615. The number of carboxylic acid groups (broad SMARTS) is 1. The van der Waals surface area contributed by atoms with E-state index in [-0.39, 0.29) is 25.0 Å². The summed E-state index contributed by atoms with van der Waals surface area (Å²) in [6, 6.07) is -0.225. The zero-order valence-corrected chi connectivity index (χ0v) is 13.5. The fourth-order valence-electron chi connectivity index (χ4n) is 2.28. The molecule has 0 heterocycles. The van der Waals surface area contributed by atoms with E-state index in [9.17, 15) is 9.59 Å². The van der Waals surface area contributed by atoms with E-state index in [1.54, 1.807) is 4.90 Å². The highest BCUT2D eigenvalue weighted by molar-refractivity contribution is 5.74. The predicted molar refractivity (Wildman–Crippen MR) is 82.2 cm³/mol. The number of urea groups is 1. The van der Waals surface area contributed by atoms with E-state index < -0.39 is 5.97 Å². The number of rotatable bonds is 11. The van der Waals surface area contributed by atoms with Crippen LogP contribution in [0.1, 0.15) is 46.5 Å². The fourth-order valence-corrected chi connectivity index (χ4v) is 2.28. The fraction of sp³-hybridized carbons (Fsp3) is 0.867. The Morgan fingerprint density at radius 1 is 1.24 bits per heavy atom. The third-order valence-electron chi connectivity index (χ3n) is 3.25. The van der Waals surface area contributed by atoms with Crippen LogP contribution >= 0.6 is 0 Å². The van der Waals surface area contributed by atoms with Crippen LogP contribution in [-0.4, -0.2) is 53.4 Å². The Morgan fingerprint density at radius 2 is 1.90 bits per heavy atom. The van der Waals surface area contributed by atoms with Crippen LogP contribution in [0.2, 0.25) is 0 Å². The van der Waals surface area contributed by atoms with E-state index in [1.807, 2.05) is 20.8 Å². The first-order chi connectivity index (χ1) is 9.90. The third-order valence-corrected chi connectivity index (χ3v) is 3.25. The predicted octanol–water partition coefficient (Wildman–Crippen LogP) is 1.93. The lowest BCUT2D eigenvalue weighted by Gasteiger charge is -2.24. The van der Waals surface area contributed by atoms with Crippen molar-refractivity contribution < 1.29 is 19.8 Å². The number of unbranched alkanes of at least 4 members (excludes halogenated alkanes) is 1. The molecule has 0 aliphatic carbocycles. The number of nitrogens with one attached hydrogen (secondary N) is 1. The minimum Gasteiger partial charge on any atom is -0.481 e. The van der Waals surface area contributed by atoms with Crippen molar-refractivity contribution in [3.05, 3.63) is 0 Å². The lowest BCUT2D eigenvalue weighted by atomic mass is 9.94. The molecule has 0 aromatic carbocycles. The molecular formula is C15H30N2O4. The molecule has 2 amide bonds. The number of hydrogen-bond acceptors (Lipinski definition) is 3. The van der Waals surface area contributed by atoms with Gasteiger partial charge in [0.1, 0.15) is 0 Å². The van der Waals surface area contributed by atoms with Crippen molar-refractivity contribution >= 4 is 12.0 Å². The van der Waals surface area contributed by atoms with Crippen molar-refractivity contribution in [1.29, 1.82) is 0 Å². The van der Waals surface area contributed by atoms with Gasteiger partial charge in [0.05, 0.1) is 6.61 Å². The second-order valence-electron chi connectivity index (χ2n) is 5.84. The van der Waals surface area contributed by atoms with Gasteiger partial charge in [-0.3, -0.25) is 4.79 Å². The van der Waals surface area contributed by atoms with Crippen LogP contribution in [0.3, 0.4) is 0 Å². The summed E-state index contributed by atoms with van der Waals surface area (Å²) in [5.74, 6) is -0.512. The number of carbonyl (C=O) groups excluding carboxylic acids is 1. The first kappa shape index (κ1) is 19.7. The van der Waals surface area contributed by atoms with Gasteiger partial charge >= 0.3 is 12.0 Å². The number of aliphatic hydroxyl groups is 1. The van der Waals surface area contributed by atoms with Gasteiger partial charge in [-0.2, -0.15) is 0 Å². The number of carboxylic acids is 1. The molecule has 0 spiro atoms. The van der Waals surface area contributed by atoms with Gasteiger partial charge in [0.25, 0.3) is 0 Å². The Bertz CT molecular complexity index is 308. The molecule has 0 radical (unpaired) electrons. The minimum atomic E-state index is -0.840. The molecule has 0 aromatic heterocycles. The van der Waals surface area contributed by atoms with E-state index >= 15 is 0 Å². The summed E-state index contributed by atoms with van der Waals surface area (Å²) in [6.45, 7) is 7.32. The van der Waals surface area contributed by atoms with Crippen LogP contribution in [-0.2, 0) is 4.79 Å². The van der Waals surface area contributed by atoms with Crippen LogP contribution in [0.4, 0.5) is 4.79 Å². The average Bonchev–Trinajstić information content (AvgIpc) is 2.39. The molecule has 0 saturated heterocycles. The van der Waals surface area contributed by atoms with Crippen molar-refractivity contribution in [3.63, 3.8) is 0 Å². The van der Waals surface area contributed by atoms with Gasteiger partial charge < -0.3 is 20.4 Å². The van der Waals surface area contributed by atoms with Crippen molar-refractivity contribution in [2.24, 2.45) is 11.8 Å². The molecule has 0 aliphatic heterocycles. The van der Waals surface area contributed by atoms with Crippen molar-refractivity contribution in [2.75, 3.05) is 26.2 Å². The smallest absolute Gasteiger partial charge is 0.317 e. The monoisotopic (exact) mass is 302 g/mol. The summed E-state index contributed by atoms with van der Waals surface area (Å²) in [7, 11) is 0. The maximum absolute atomic E-state index is 12.1. The van der Waals surface area contributed by atoms with E-state index in [1.165, 1.54) is 0 Å². The molecule has 0 aromatic rings. The largest absolute Gasteiger partial charge is 0.481 e. The van der Waals surface area contributed by atoms with Gasteiger partial charge in [0, 0.05) is 26.1 Å². The highest BCUT2D eigenvalue weighted by Gasteiger charge is 2.18. The van der Waals surface area contributed by atoms with Crippen LogP contribution < -0.4 is 5.32 Å². The average molecular weight is 302 g/mol. The van der Waals surface area contributed by atoms with Gasteiger partial charge in [-0.25, -0.2) is 4.79 Å². The highest BCUT2D eigenvalue weighted by atomic mass is 16.4. The van der Waals surface area contributed by atoms with Gasteiger partial charge in [-0.1, -0.05) is 27.2 Å². The maximum atomic E-state index is 12.1. The van der Waals surface area contributed by atoms with Crippen LogP contribution in [0.25, 0.3) is 0 Å². The molecule has 0 bridgehead atoms. The summed E-state index contributed by atoms with van der Waals surface area (Å²) in [6.07, 6.45) is 2.69. The second-order valence-corrected chi connectivity index (χ2v) is 5.84. The first-order valence-electron chi connectivity index (χ1n) is 7.76. The molecule has 1 atom stereocenters. The van der Waals surface area contributed by atoms with E-state index in [4.69, 9.17) is 10.2 Å². The molecule has 0 fully saturated rings. The van der Waals surface area contributed by atoms with Crippen LogP contribution in [0.15, 0.2) is 0 Å². The van der Waals surface area contributed by atoms with Crippen molar-refractivity contribution in [3.8, 4) is 0 Å². The third kappa shape index (κ3) is 10.1. The topological polar surface area (TPSA) is 89.9 Å². The summed E-state index contributed by atoms with van der Waals surface area (Å²) >= 11 is 0. The lowest BCUT2D eigenvalue weighted by molar-refractivity contribution is -0.138. The zero-order chi connectivity index (χ0) is 16.3. The molecule has 1 unspecified atom stereocenters. The molecule has 124 valence electrons. The second kappa shape index (κ2) is 11.4. The lowest BCUT2D eigenvalue weighted by Crippen LogP contribution is -2.44. The van der Waals surface area contributed by atoms with Crippen LogP contribution in [0.5, 0.6) is 0 Å². The number of nitrogens with zero attached hydrogens (tertiary/aromatic N) is 1. The molecular weight excluding hydrogens is 272 g/mol. The van der Waals surface area contributed by atoms with Gasteiger partial charge in [0.15, 0.2) is 0 Å². The van der Waals surface area contributed by atoms with E-state index in [2.05, 4.69) is 5.32 Å². The molecule has 6 nitrogen and oxygen atoms in total. The Morgan fingerprint density at radius 3 is 2.38 bits per heavy atom. The maximum Gasteiger partial charge on any atom is 0.317 e. The summed E-state index contributed by atoms with van der Waals surface area (Å²) in [4.78, 5) is 24.5. The quantitative estimate of drug-likeness (QED) is 0.544. The molecule has 6 heteroatoms. The number of carbonyl (C=O) groups is 2. The van der Waals surface area contributed by atoms with Gasteiger partial charge in [0.2, 0.25) is 0 Å². The van der Waals surface area contributed by atoms with Crippen molar-refractivity contribution in [1.82, 2.24) is 10.2 Å². The van der Waals surface area contributed by atoms with E-state index in [0.29, 0.717) is 25.6 Å². The van der Waals surface area contributed by atoms with Gasteiger partial charge in [-0.15, -0.1) is 0 Å². The van der Waals surface area contributed by atoms with Crippen LogP contribution in [0, 0.1) is 11.8 Å². The Labute approximate surface area is 127 Å². The SMILES string of the molecule is CCCCN(CCO)C(=O)NCC(CC(=O)O)CC(C)C. The summed E-state index contributed by atoms with van der Waals surface area (Å²) in [5, 5.41) is 20.7. The molecule has 21 heavy (non-hydrogen) atoms. The van der Waals surface area contributed by atoms with Crippen molar-refractivity contribution in [2.45, 2.75) is 46.5 Å². The summed E-state index contributed by atoms with van der Waals surface area (Å²) < 4.78 is 0. The molecule has 3 N–H and O–H groups in total.